The molecule has 0 saturated carbocycles. The van der Waals surface area contributed by atoms with Gasteiger partial charge in [-0.2, -0.15) is 0 Å². The first-order valence-corrected chi connectivity index (χ1v) is 6.75. The van der Waals surface area contributed by atoms with Crippen LogP contribution in [0, 0.1) is 0 Å². The zero-order valence-electron chi connectivity index (χ0n) is 10.6. The molecule has 0 aromatic carbocycles. The van der Waals surface area contributed by atoms with Crippen molar-refractivity contribution >= 4 is 17.2 Å². The molecule has 4 heteroatoms. The predicted molar refractivity (Wildman–Crippen MR) is 73.8 cm³/mol. The lowest BCUT2D eigenvalue weighted by molar-refractivity contribution is 0.159. The third-order valence-corrected chi connectivity index (χ3v) is 3.66. The number of piperidine rings is 1. The molecule has 94 valence electrons. The summed E-state index contributed by atoms with van der Waals surface area (Å²) in [4.78, 5) is 5.45. The highest BCUT2D eigenvalue weighted by Gasteiger charge is 2.19. The Morgan fingerprint density at radius 1 is 1.50 bits per heavy atom. The lowest BCUT2D eigenvalue weighted by atomic mass is 10.00. The molecule has 0 aromatic rings. The van der Waals surface area contributed by atoms with Crippen molar-refractivity contribution in [1.82, 2.24) is 9.80 Å². The van der Waals surface area contributed by atoms with Crippen LogP contribution in [0.2, 0.25) is 0 Å². The second-order valence-electron chi connectivity index (χ2n) is 4.75. The number of nitrogens with zero attached hydrogens (tertiary/aromatic N) is 2. The smallest absolute Gasteiger partial charge is 0.0870 e. The van der Waals surface area contributed by atoms with Crippen LogP contribution in [0.1, 0.15) is 32.6 Å². The Bertz CT molecular complexity index is 220. The van der Waals surface area contributed by atoms with E-state index in [4.69, 9.17) is 18.0 Å². The van der Waals surface area contributed by atoms with Crippen LogP contribution in [0.25, 0.3) is 0 Å². The summed E-state index contributed by atoms with van der Waals surface area (Å²) in [6.07, 6.45) is 5.34. The predicted octanol–water partition coefficient (Wildman–Crippen LogP) is 1.47. The second-order valence-corrected chi connectivity index (χ2v) is 5.28. The number of rotatable bonds is 6. The van der Waals surface area contributed by atoms with E-state index >= 15 is 0 Å². The maximum absolute atomic E-state index is 5.58. The van der Waals surface area contributed by atoms with Crippen molar-refractivity contribution in [3.05, 3.63) is 0 Å². The maximum Gasteiger partial charge on any atom is 0.0870 e. The Morgan fingerprint density at radius 3 is 2.81 bits per heavy atom. The number of nitrogens with two attached hydrogens (primary N) is 1. The minimum Gasteiger partial charge on any atom is -0.392 e. The fourth-order valence-corrected chi connectivity index (χ4v) is 2.59. The third kappa shape index (κ3) is 4.76. The van der Waals surface area contributed by atoms with Crippen LogP contribution in [0.5, 0.6) is 0 Å². The summed E-state index contributed by atoms with van der Waals surface area (Å²) in [5.74, 6) is 0. The number of thiocarbonyl (C=S) groups is 1. The largest absolute Gasteiger partial charge is 0.392 e. The highest BCUT2D eigenvalue weighted by Crippen LogP contribution is 2.17. The van der Waals surface area contributed by atoms with Crippen LogP contribution in [0.15, 0.2) is 0 Å². The van der Waals surface area contributed by atoms with Crippen molar-refractivity contribution < 1.29 is 0 Å². The molecule has 0 aliphatic carbocycles. The van der Waals surface area contributed by atoms with Crippen LogP contribution >= 0.6 is 12.2 Å². The van der Waals surface area contributed by atoms with E-state index in [0.717, 1.165) is 25.7 Å². The molecule has 1 fully saturated rings. The van der Waals surface area contributed by atoms with Gasteiger partial charge in [-0.3, -0.25) is 4.90 Å². The van der Waals surface area contributed by atoms with E-state index in [0.29, 0.717) is 4.99 Å². The summed E-state index contributed by atoms with van der Waals surface area (Å²) in [6.45, 7) is 6.34. The first kappa shape index (κ1) is 13.9. The highest BCUT2D eigenvalue weighted by atomic mass is 32.1. The molecule has 1 aliphatic rings. The Balaban J connectivity index is 2.27. The van der Waals surface area contributed by atoms with Gasteiger partial charge >= 0.3 is 0 Å². The molecule has 1 unspecified atom stereocenters. The zero-order chi connectivity index (χ0) is 12.0. The Morgan fingerprint density at radius 2 is 2.25 bits per heavy atom. The zero-order valence-corrected chi connectivity index (χ0v) is 11.4. The summed E-state index contributed by atoms with van der Waals surface area (Å²) in [7, 11) is 2.24. The van der Waals surface area contributed by atoms with Crippen LogP contribution in [0.3, 0.4) is 0 Å². The van der Waals surface area contributed by atoms with E-state index in [2.05, 4.69) is 23.8 Å². The summed E-state index contributed by atoms with van der Waals surface area (Å²) in [5.41, 5.74) is 5.58. The van der Waals surface area contributed by atoms with Gasteiger partial charge in [-0.15, -0.1) is 0 Å². The highest BCUT2D eigenvalue weighted by molar-refractivity contribution is 7.80. The topological polar surface area (TPSA) is 32.5 Å². The van der Waals surface area contributed by atoms with Gasteiger partial charge in [0, 0.05) is 19.1 Å². The Labute approximate surface area is 105 Å². The number of hydrogen-bond acceptors (Lipinski definition) is 3. The molecule has 0 amide bonds. The molecule has 1 atom stereocenters. The van der Waals surface area contributed by atoms with E-state index in [9.17, 15) is 0 Å². The minimum absolute atomic E-state index is 0.610. The first-order chi connectivity index (χ1) is 7.63. The van der Waals surface area contributed by atoms with Crippen molar-refractivity contribution in [1.29, 1.82) is 0 Å². The average Bonchev–Trinajstić information content (AvgIpc) is 2.25. The van der Waals surface area contributed by atoms with Crippen molar-refractivity contribution in [2.75, 3.05) is 33.2 Å². The van der Waals surface area contributed by atoms with Gasteiger partial charge < -0.3 is 10.6 Å². The van der Waals surface area contributed by atoms with Gasteiger partial charge in [0.1, 0.15) is 0 Å². The van der Waals surface area contributed by atoms with Crippen molar-refractivity contribution in [2.45, 2.75) is 38.6 Å². The van der Waals surface area contributed by atoms with Gasteiger partial charge in [0.05, 0.1) is 4.99 Å². The first-order valence-electron chi connectivity index (χ1n) is 6.34. The Hall–Kier alpha value is -0.190. The molecule has 0 spiro atoms. The van der Waals surface area contributed by atoms with Gasteiger partial charge in [0.2, 0.25) is 0 Å². The SMILES string of the molecule is CCN(CCC1CCCCN1C)CC(N)=S. The van der Waals surface area contributed by atoms with E-state index < -0.39 is 0 Å². The minimum atomic E-state index is 0.610. The number of likely N-dealkylation sites (tertiary alicyclic amines) is 1. The molecule has 0 radical (unpaired) electrons. The van der Waals surface area contributed by atoms with Crippen molar-refractivity contribution in [2.24, 2.45) is 5.73 Å². The molecule has 0 aromatic heterocycles. The van der Waals surface area contributed by atoms with Gasteiger partial charge in [-0.05, 0) is 39.4 Å². The van der Waals surface area contributed by atoms with Gasteiger partial charge in [0.15, 0.2) is 0 Å². The van der Waals surface area contributed by atoms with Gasteiger partial charge in [-0.25, -0.2) is 0 Å². The molecule has 1 saturated heterocycles. The molecule has 1 rings (SSSR count). The fourth-order valence-electron chi connectivity index (χ4n) is 2.41. The summed E-state index contributed by atoms with van der Waals surface area (Å²) in [6, 6.07) is 0.758. The molecule has 0 bridgehead atoms. The van der Waals surface area contributed by atoms with E-state index in [1.165, 1.54) is 32.2 Å². The summed E-state index contributed by atoms with van der Waals surface area (Å²) in [5, 5.41) is 0. The normalized spacial score (nSPS) is 22.6. The number of hydrogen-bond donors (Lipinski definition) is 1. The molecular weight excluding hydrogens is 218 g/mol. The lowest BCUT2D eigenvalue weighted by Gasteiger charge is -2.34. The second kappa shape index (κ2) is 7.20. The van der Waals surface area contributed by atoms with Crippen LogP contribution < -0.4 is 5.73 Å². The van der Waals surface area contributed by atoms with Gasteiger partial charge in [-0.1, -0.05) is 25.6 Å². The van der Waals surface area contributed by atoms with Crippen LogP contribution in [-0.2, 0) is 0 Å². The lowest BCUT2D eigenvalue weighted by Crippen LogP contribution is -2.40. The molecule has 16 heavy (non-hydrogen) atoms. The monoisotopic (exact) mass is 243 g/mol. The van der Waals surface area contributed by atoms with Crippen LogP contribution in [0.4, 0.5) is 0 Å². The standard InChI is InChI=1S/C12H25N3S/c1-3-15(10-12(13)16)9-7-11-6-4-5-8-14(11)2/h11H,3-10H2,1-2H3,(H2,13,16). The fraction of sp³-hybridized carbons (Fsp3) is 0.917. The van der Waals surface area contributed by atoms with Crippen LogP contribution in [-0.4, -0.2) is 54.1 Å². The van der Waals surface area contributed by atoms with E-state index in [-0.39, 0.29) is 0 Å². The average molecular weight is 243 g/mol. The molecular formula is C12H25N3S. The quantitative estimate of drug-likeness (QED) is 0.716. The van der Waals surface area contributed by atoms with Gasteiger partial charge in [0.25, 0.3) is 0 Å². The molecule has 3 nitrogen and oxygen atoms in total. The van der Waals surface area contributed by atoms with E-state index in [1.54, 1.807) is 0 Å². The Kier molecular flexibility index (Phi) is 6.24. The summed E-state index contributed by atoms with van der Waals surface area (Å²) < 4.78 is 0. The maximum atomic E-state index is 5.58. The van der Waals surface area contributed by atoms with Crippen molar-refractivity contribution in [3.8, 4) is 0 Å². The third-order valence-electron chi connectivity index (χ3n) is 3.53. The molecule has 1 aliphatic heterocycles. The summed E-state index contributed by atoms with van der Waals surface area (Å²) >= 11 is 4.96. The molecule has 2 N–H and O–H groups in total. The van der Waals surface area contributed by atoms with Crippen molar-refractivity contribution in [3.63, 3.8) is 0 Å². The number of likely N-dealkylation sites (N-methyl/N-ethyl adjacent to an activating group) is 1. The molecule has 1 heterocycles. The van der Waals surface area contributed by atoms with E-state index in [1.807, 2.05) is 0 Å².